The first kappa shape index (κ1) is 18.6. The minimum absolute atomic E-state index is 0.0411. The molecule has 0 spiro atoms. The Kier molecular flexibility index (Phi) is 5.64. The Morgan fingerprint density at radius 1 is 1.11 bits per heavy atom. The van der Waals surface area contributed by atoms with E-state index in [2.05, 4.69) is 15.2 Å². The summed E-state index contributed by atoms with van der Waals surface area (Å²) in [6.07, 6.45) is 1.74. The Morgan fingerprint density at radius 2 is 1.93 bits per heavy atom. The summed E-state index contributed by atoms with van der Waals surface area (Å²) in [5, 5.41) is 9.52. The molecule has 6 nitrogen and oxygen atoms in total. The van der Waals surface area contributed by atoms with Crippen LogP contribution in [-0.2, 0) is 22.6 Å². The first-order chi connectivity index (χ1) is 13.7. The van der Waals surface area contributed by atoms with E-state index in [9.17, 15) is 4.79 Å². The minimum Gasteiger partial charge on any atom is -0.456 e. The molecule has 0 radical (unpaired) electrons. The van der Waals surface area contributed by atoms with E-state index in [0.29, 0.717) is 23.8 Å². The van der Waals surface area contributed by atoms with Crippen molar-refractivity contribution in [2.24, 2.45) is 0 Å². The Labute approximate surface area is 170 Å². The standard InChI is InChI=1S/C20H16ClN3O3S/c21-14-10-8-13(9-11-14)20-24-23-17(27-20)12-26-19(25)7-3-6-18-22-15-4-1-2-5-16(15)28-18/h1-2,4-5,8-11H,3,6-7,12H2. The number of ether oxygens (including phenoxy) is 1. The molecule has 28 heavy (non-hydrogen) atoms. The largest absolute Gasteiger partial charge is 0.456 e. The second-order valence-corrected chi connectivity index (χ2v) is 7.65. The molecule has 0 aliphatic carbocycles. The molecular weight excluding hydrogens is 398 g/mol. The summed E-state index contributed by atoms with van der Waals surface area (Å²) < 4.78 is 11.9. The molecular formula is C20H16ClN3O3S. The average Bonchev–Trinajstić information content (AvgIpc) is 3.33. The fraction of sp³-hybridized carbons (Fsp3) is 0.200. The third-order valence-corrected chi connectivity index (χ3v) is 5.37. The van der Waals surface area contributed by atoms with E-state index in [1.54, 1.807) is 35.6 Å². The number of para-hydroxylation sites is 1. The maximum atomic E-state index is 11.9. The van der Waals surface area contributed by atoms with Crippen LogP contribution >= 0.6 is 22.9 Å². The molecule has 0 saturated carbocycles. The van der Waals surface area contributed by atoms with Crippen molar-refractivity contribution in [1.29, 1.82) is 0 Å². The van der Waals surface area contributed by atoms with E-state index in [4.69, 9.17) is 20.8 Å². The number of fused-ring (bicyclic) bond motifs is 1. The predicted octanol–water partition coefficient (Wildman–Crippen LogP) is 5.07. The van der Waals surface area contributed by atoms with Gasteiger partial charge >= 0.3 is 5.97 Å². The zero-order chi connectivity index (χ0) is 19.3. The van der Waals surface area contributed by atoms with Gasteiger partial charge in [0, 0.05) is 17.0 Å². The maximum Gasteiger partial charge on any atom is 0.306 e. The summed E-state index contributed by atoms with van der Waals surface area (Å²) in [5.74, 6) is 0.315. The zero-order valence-corrected chi connectivity index (χ0v) is 16.4. The number of esters is 1. The Morgan fingerprint density at radius 3 is 2.75 bits per heavy atom. The molecule has 0 N–H and O–H groups in total. The Bertz CT molecular complexity index is 1060. The highest BCUT2D eigenvalue weighted by atomic mass is 35.5. The van der Waals surface area contributed by atoms with Gasteiger partial charge in [0.05, 0.1) is 15.2 Å². The highest BCUT2D eigenvalue weighted by molar-refractivity contribution is 7.18. The number of aryl methyl sites for hydroxylation is 1. The zero-order valence-electron chi connectivity index (χ0n) is 14.8. The first-order valence-electron chi connectivity index (χ1n) is 8.76. The predicted molar refractivity (Wildman–Crippen MR) is 107 cm³/mol. The molecule has 0 aliphatic rings. The monoisotopic (exact) mass is 413 g/mol. The van der Waals surface area contributed by atoms with Gasteiger partial charge in [-0.25, -0.2) is 4.98 Å². The van der Waals surface area contributed by atoms with Gasteiger partial charge in [0.1, 0.15) is 0 Å². The molecule has 8 heteroatoms. The van der Waals surface area contributed by atoms with Crippen LogP contribution in [0, 0.1) is 0 Å². The molecule has 4 aromatic rings. The topological polar surface area (TPSA) is 78.1 Å². The van der Waals surface area contributed by atoms with Crippen molar-refractivity contribution in [3.05, 3.63) is 64.5 Å². The van der Waals surface area contributed by atoms with Gasteiger partial charge in [-0.05, 0) is 49.2 Å². The normalized spacial score (nSPS) is 11.0. The van der Waals surface area contributed by atoms with Gasteiger partial charge in [-0.15, -0.1) is 21.5 Å². The van der Waals surface area contributed by atoms with Crippen molar-refractivity contribution in [1.82, 2.24) is 15.2 Å². The number of benzene rings is 2. The summed E-state index contributed by atoms with van der Waals surface area (Å²) in [5.41, 5.74) is 1.75. The maximum absolute atomic E-state index is 11.9. The van der Waals surface area contributed by atoms with Crippen molar-refractivity contribution >= 4 is 39.1 Å². The summed E-state index contributed by atoms with van der Waals surface area (Å²) in [4.78, 5) is 16.5. The molecule has 0 amide bonds. The first-order valence-corrected chi connectivity index (χ1v) is 9.95. The van der Waals surface area contributed by atoms with Gasteiger partial charge < -0.3 is 9.15 Å². The van der Waals surface area contributed by atoms with E-state index < -0.39 is 0 Å². The van der Waals surface area contributed by atoms with Crippen LogP contribution in [0.4, 0.5) is 0 Å². The van der Waals surface area contributed by atoms with E-state index >= 15 is 0 Å². The molecule has 2 aromatic carbocycles. The van der Waals surface area contributed by atoms with Crippen molar-refractivity contribution in [3.63, 3.8) is 0 Å². The number of hydrogen-bond acceptors (Lipinski definition) is 7. The third-order valence-electron chi connectivity index (χ3n) is 4.02. The van der Waals surface area contributed by atoms with Crippen LogP contribution in [0.15, 0.2) is 52.9 Å². The highest BCUT2D eigenvalue weighted by Gasteiger charge is 2.11. The SMILES string of the molecule is O=C(CCCc1nc2ccccc2s1)OCc1nnc(-c2ccc(Cl)cc2)o1. The number of aromatic nitrogens is 3. The van der Waals surface area contributed by atoms with Crippen LogP contribution in [0.3, 0.4) is 0 Å². The molecule has 142 valence electrons. The molecule has 0 bridgehead atoms. The third kappa shape index (κ3) is 4.55. The number of carbonyl (C=O) groups excluding carboxylic acids is 1. The van der Waals surface area contributed by atoms with Crippen LogP contribution in [0.25, 0.3) is 21.7 Å². The van der Waals surface area contributed by atoms with Gasteiger partial charge in [0.25, 0.3) is 5.89 Å². The number of nitrogens with zero attached hydrogens (tertiary/aromatic N) is 3. The number of carbonyl (C=O) groups is 1. The van der Waals surface area contributed by atoms with Crippen molar-refractivity contribution < 1.29 is 13.9 Å². The Balaban J connectivity index is 1.24. The number of halogens is 1. The minimum atomic E-state index is -0.299. The van der Waals surface area contributed by atoms with Gasteiger partial charge in [-0.2, -0.15) is 0 Å². The van der Waals surface area contributed by atoms with E-state index in [1.165, 1.54) is 0 Å². The van der Waals surface area contributed by atoms with Crippen molar-refractivity contribution in [3.8, 4) is 11.5 Å². The van der Waals surface area contributed by atoms with Crippen LogP contribution in [-0.4, -0.2) is 21.2 Å². The second-order valence-electron chi connectivity index (χ2n) is 6.10. The van der Waals surface area contributed by atoms with E-state index in [1.807, 2.05) is 24.3 Å². The Hall–Kier alpha value is -2.77. The van der Waals surface area contributed by atoms with Gasteiger partial charge in [0.2, 0.25) is 5.89 Å². The molecule has 4 rings (SSSR count). The van der Waals surface area contributed by atoms with Gasteiger partial charge in [0.15, 0.2) is 6.61 Å². The molecule has 0 aliphatic heterocycles. The van der Waals surface area contributed by atoms with Crippen LogP contribution in [0.5, 0.6) is 0 Å². The summed E-state index contributed by atoms with van der Waals surface area (Å²) in [6, 6.07) is 15.1. The summed E-state index contributed by atoms with van der Waals surface area (Å²) in [6.45, 7) is -0.0411. The van der Waals surface area contributed by atoms with E-state index in [-0.39, 0.29) is 18.5 Å². The van der Waals surface area contributed by atoms with Gasteiger partial charge in [-0.3, -0.25) is 4.79 Å². The molecule has 0 saturated heterocycles. The smallest absolute Gasteiger partial charge is 0.306 e. The molecule has 2 aromatic heterocycles. The molecule has 0 fully saturated rings. The van der Waals surface area contributed by atoms with Crippen LogP contribution < -0.4 is 0 Å². The van der Waals surface area contributed by atoms with Gasteiger partial charge in [-0.1, -0.05) is 23.7 Å². The highest BCUT2D eigenvalue weighted by Crippen LogP contribution is 2.23. The lowest BCUT2D eigenvalue weighted by Gasteiger charge is -2.01. The molecule has 2 heterocycles. The second kappa shape index (κ2) is 8.50. The van der Waals surface area contributed by atoms with Crippen LogP contribution in [0.1, 0.15) is 23.7 Å². The lowest BCUT2D eigenvalue weighted by molar-refractivity contribution is -0.145. The fourth-order valence-corrected chi connectivity index (χ4v) is 3.78. The lowest BCUT2D eigenvalue weighted by Crippen LogP contribution is -2.05. The average molecular weight is 414 g/mol. The molecule has 0 unspecified atom stereocenters. The number of rotatable bonds is 7. The van der Waals surface area contributed by atoms with Crippen molar-refractivity contribution in [2.75, 3.05) is 0 Å². The van der Waals surface area contributed by atoms with E-state index in [0.717, 1.165) is 27.2 Å². The fourth-order valence-electron chi connectivity index (χ4n) is 2.65. The summed E-state index contributed by atoms with van der Waals surface area (Å²) >= 11 is 7.52. The van der Waals surface area contributed by atoms with Crippen molar-refractivity contribution in [2.45, 2.75) is 25.9 Å². The number of hydrogen-bond donors (Lipinski definition) is 0. The van der Waals surface area contributed by atoms with Crippen LogP contribution in [0.2, 0.25) is 5.02 Å². The molecule has 0 atom stereocenters. The quantitative estimate of drug-likeness (QED) is 0.394. The lowest BCUT2D eigenvalue weighted by atomic mass is 10.2. The summed E-state index contributed by atoms with van der Waals surface area (Å²) in [7, 11) is 0. The number of thiazole rings is 1.